The quantitative estimate of drug-likeness (QED) is 0.882. The first-order valence-electron chi connectivity index (χ1n) is 6.16. The van der Waals surface area contributed by atoms with Crippen molar-refractivity contribution < 1.29 is 0 Å². The zero-order valence-corrected chi connectivity index (χ0v) is 13.2. The minimum atomic E-state index is 0.0198. The Morgan fingerprint density at radius 1 is 1.28 bits per heavy atom. The standard InChI is InChI=1S/C14H22Cl2N2/c1-6-14(2,18(4)5)13(17-3)10-7-8-11(15)12(16)9-10/h7-9,13,17H,6H2,1-5H3. The van der Waals surface area contributed by atoms with Crippen LogP contribution in [0.1, 0.15) is 31.9 Å². The molecule has 0 amide bonds. The van der Waals surface area contributed by atoms with Gasteiger partial charge in [0, 0.05) is 5.54 Å². The van der Waals surface area contributed by atoms with Crippen LogP contribution in [-0.4, -0.2) is 31.6 Å². The molecule has 2 unspecified atom stereocenters. The fourth-order valence-electron chi connectivity index (χ4n) is 2.31. The normalized spacial score (nSPS) is 16.7. The van der Waals surface area contributed by atoms with Crippen LogP contribution < -0.4 is 5.32 Å². The van der Waals surface area contributed by atoms with Gasteiger partial charge in [-0.15, -0.1) is 0 Å². The Labute approximate surface area is 120 Å². The summed E-state index contributed by atoms with van der Waals surface area (Å²) in [4.78, 5) is 2.25. The summed E-state index contributed by atoms with van der Waals surface area (Å²) in [6.45, 7) is 4.44. The van der Waals surface area contributed by atoms with E-state index in [1.54, 1.807) is 0 Å². The molecule has 1 N–H and O–H groups in total. The van der Waals surface area contributed by atoms with Crippen LogP contribution in [0.25, 0.3) is 0 Å². The first kappa shape index (κ1) is 15.8. The molecule has 1 aromatic rings. The van der Waals surface area contributed by atoms with Crippen LogP contribution in [0.5, 0.6) is 0 Å². The second kappa shape index (κ2) is 6.25. The SMILES string of the molecule is CCC(C)(C(NC)c1ccc(Cl)c(Cl)c1)N(C)C. The van der Waals surface area contributed by atoms with E-state index in [1.807, 2.05) is 25.2 Å². The molecule has 0 saturated heterocycles. The van der Waals surface area contributed by atoms with E-state index in [4.69, 9.17) is 23.2 Å². The van der Waals surface area contributed by atoms with Crippen molar-refractivity contribution in [3.63, 3.8) is 0 Å². The van der Waals surface area contributed by atoms with Gasteiger partial charge in [0.05, 0.1) is 16.1 Å². The molecule has 0 aliphatic rings. The summed E-state index contributed by atoms with van der Waals surface area (Å²) >= 11 is 12.1. The van der Waals surface area contributed by atoms with Gasteiger partial charge < -0.3 is 10.2 Å². The van der Waals surface area contributed by atoms with E-state index in [1.165, 1.54) is 0 Å². The van der Waals surface area contributed by atoms with E-state index in [0.29, 0.717) is 10.0 Å². The third kappa shape index (κ3) is 3.00. The summed E-state index contributed by atoms with van der Waals surface area (Å²) in [6.07, 6.45) is 1.03. The molecule has 18 heavy (non-hydrogen) atoms. The average molecular weight is 289 g/mol. The Kier molecular flexibility index (Phi) is 5.47. The Bertz CT molecular complexity index is 407. The van der Waals surface area contributed by atoms with Gasteiger partial charge in [0.15, 0.2) is 0 Å². The zero-order valence-electron chi connectivity index (χ0n) is 11.7. The number of halogens is 2. The maximum absolute atomic E-state index is 6.11. The topological polar surface area (TPSA) is 15.3 Å². The molecule has 0 saturated carbocycles. The number of rotatable bonds is 5. The summed E-state index contributed by atoms with van der Waals surface area (Å²) in [5, 5.41) is 4.59. The van der Waals surface area contributed by atoms with Crippen LogP contribution in [0.2, 0.25) is 10.0 Å². The lowest BCUT2D eigenvalue weighted by molar-refractivity contribution is 0.117. The number of nitrogens with zero attached hydrogens (tertiary/aromatic N) is 1. The van der Waals surface area contributed by atoms with E-state index in [2.05, 4.69) is 38.2 Å². The Morgan fingerprint density at radius 3 is 2.28 bits per heavy atom. The van der Waals surface area contributed by atoms with Crippen molar-refractivity contribution in [3.05, 3.63) is 33.8 Å². The second-order valence-electron chi connectivity index (χ2n) is 5.00. The number of hydrogen-bond acceptors (Lipinski definition) is 2. The van der Waals surface area contributed by atoms with Gasteiger partial charge in [-0.3, -0.25) is 0 Å². The maximum Gasteiger partial charge on any atom is 0.0595 e. The highest BCUT2D eigenvalue weighted by atomic mass is 35.5. The van der Waals surface area contributed by atoms with Crippen LogP contribution in [0, 0.1) is 0 Å². The number of hydrogen-bond donors (Lipinski definition) is 1. The van der Waals surface area contributed by atoms with Crippen LogP contribution in [0.3, 0.4) is 0 Å². The molecule has 0 spiro atoms. The minimum Gasteiger partial charge on any atom is -0.311 e. The molecule has 0 bridgehead atoms. The fourth-order valence-corrected chi connectivity index (χ4v) is 2.61. The van der Waals surface area contributed by atoms with Gasteiger partial charge in [-0.1, -0.05) is 36.2 Å². The van der Waals surface area contributed by atoms with Gasteiger partial charge in [0.25, 0.3) is 0 Å². The van der Waals surface area contributed by atoms with E-state index in [-0.39, 0.29) is 11.6 Å². The van der Waals surface area contributed by atoms with Gasteiger partial charge in [-0.2, -0.15) is 0 Å². The predicted octanol–water partition coefficient (Wildman–Crippen LogP) is 3.98. The summed E-state index contributed by atoms with van der Waals surface area (Å²) in [5.41, 5.74) is 1.18. The molecule has 0 aromatic heterocycles. The Balaban J connectivity index is 3.20. The van der Waals surface area contributed by atoms with E-state index < -0.39 is 0 Å². The molecule has 102 valence electrons. The van der Waals surface area contributed by atoms with E-state index in [0.717, 1.165) is 12.0 Å². The average Bonchev–Trinajstić information content (AvgIpc) is 2.33. The molecule has 1 aromatic carbocycles. The fraction of sp³-hybridized carbons (Fsp3) is 0.571. The van der Waals surface area contributed by atoms with Gasteiger partial charge in [-0.05, 0) is 52.2 Å². The summed E-state index contributed by atoms with van der Waals surface area (Å²) in [6, 6.07) is 6.04. The lowest BCUT2D eigenvalue weighted by atomic mass is 9.83. The molecule has 0 heterocycles. The van der Waals surface area contributed by atoms with Crippen LogP contribution in [0.4, 0.5) is 0 Å². The molecular formula is C14H22Cl2N2. The zero-order chi connectivity index (χ0) is 13.9. The molecule has 2 nitrogen and oxygen atoms in total. The van der Waals surface area contributed by atoms with Crippen molar-refractivity contribution in [2.75, 3.05) is 21.1 Å². The smallest absolute Gasteiger partial charge is 0.0595 e. The van der Waals surface area contributed by atoms with E-state index >= 15 is 0 Å². The summed E-state index contributed by atoms with van der Waals surface area (Å²) in [7, 11) is 6.18. The predicted molar refractivity (Wildman–Crippen MR) is 80.6 cm³/mol. The van der Waals surface area contributed by atoms with Gasteiger partial charge in [-0.25, -0.2) is 0 Å². The Hall–Kier alpha value is -0.280. The lowest BCUT2D eigenvalue weighted by Gasteiger charge is -2.43. The number of nitrogens with one attached hydrogen (secondary N) is 1. The van der Waals surface area contributed by atoms with Crippen molar-refractivity contribution in [1.82, 2.24) is 10.2 Å². The third-order valence-corrected chi connectivity index (χ3v) is 4.66. The highest BCUT2D eigenvalue weighted by Gasteiger charge is 2.34. The minimum absolute atomic E-state index is 0.0198. The van der Waals surface area contributed by atoms with Crippen molar-refractivity contribution in [2.24, 2.45) is 0 Å². The van der Waals surface area contributed by atoms with Crippen LogP contribution >= 0.6 is 23.2 Å². The molecular weight excluding hydrogens is 267 g/mol. The molecule has 0 fully saturated rings. The first-order valence-corrected chi connectivity index (χ1v) is 6.92. The summed E-state index contributed by atoms with van der Waals surface area (Å²) < 4.78 is 0. The maximum atomic E-state index is 6.11. The molecule has 4 heteroatoms. The third-order valence-electron chi connectivity index (χ3n) is 3.92. The van der Waals surface area contributed by atoms with Crippen LogP contribution in [0.15, 0.2) is 18.2 Å². The van der Waals surface area contributed by atoms with Gasteiger partial charge in [0.2, 0.25) is 0 Å². The number of likely N-dealkylation sites (N-methyl/N-ethyl adjacent to an activating group) is 2. The molecule has 1 rings (SSSR count). The largest absolute Gasteiger partial charge is 0.311 e. The highest BCUT2D eigenvalue weighted by molar-refractivity contribution is 6.42. The van der Waals surface area contributed by atoms with Crippen molar-refractivity contribution in [3.8, 4) is 0 Å². The highest BCUT2D eigenvalue weighted by Crippen LogP contribution is 2.35. The molecule has 0 aliphatic carbocycles. The lowest BCUT2D eigenvalue weighted by Crippen LogP contribution is -2.50. The van der Waals surface area contributed by atoms with Crippen molar-refractivity contribution >= 4 is 23.2 Å². The Morgan fingerprint density at radius 2 is 1.89 bits per heavy atom. The first-order chi connectivity index (χ1) is 8.36. The van der Waals surface area contributed by atoms with E-state index in [9.17, 15) is 0 Å². The van der Waals surface area contributed by atoms with Gasteiger partial charge >= 0.3 is 0 Å². The van der Waals surface area contributed by atoms with Crippen molar-refractivity contribution in [1.29, 1.82) is 0 Å². The molecule has 0 radical (unpaired) electrons. The molecule has 2 atom stereocenters. The molecule has 0 aliphatic heterocycles. The van der Waals surface area contributed by atoms with Crippen molar-refractivity contribution in [2.45, 2.75) is 31.8 Å². The second-order valence-corrected chi connectivity index (χ2v) is 5.81. The van der Waals surface area contributed by atoms with Gasteiger partial charge in [0.1, 0.15) is 0 Å². The summed E-state index contributed by atoms with van der Waals surface area (Å²) in [5.74, 6) is 0. The number of benzene rings is 1. The monoisotopic (exact) mass is 288 g/mol. The van der Waals surface area contributed by atoms with Crippen LogP contribution in [-0.2, 0) is 0 Å².